The molecule has 1 unspecified atom stereocenters. The third kappa shape index (κ3) is 3.77. The number of halogens is 1. The molecular formula is C16H22FNS. The maximum atomic E-state index is 13.3. The van der Waals surface area contributed by atoms with E-state index in [9.17, 15) is 4.39 Å². The van der Waals surface area contributed by atoms with Crippen LogP contribution in [0, 0.1) is 11.7 Å². The van der Waals surface area contributed by atoms with Gasteiger partial charge in [-0.05, 0) is 48.9 Å². The zero-order chi connectivity index (χ0) is 13.8. The summed E-state index contributed by atoms with van der Waals surface area (Å²) in [6, 6.07) is 7.64. The van der Waals surface area contributed by atoms with E-state index in [1.807, 2.05) is 6.07 Å². The van der Waals surface area contributed by atoms with Gasteiger partial charge in [0.05, 0.1) is 0 Å². The number of benzene rings is 1. The number of hydrogen-bond acceptors (Lipinski definition) is 2. The average molecular weight is 279 g/mol. The second-order valence-electron chi connectivity index (χ2n) is 5.47. The zero-order valence-corrected chi connectivity index (χ0v) is 12.7. The fourth-order valence-corrected chi connectivity index (χ4v) is 3.47. The summed E-state index contributed by atoms with van der Waals surface area (Å²) >= 11 is 1.71. The molecule has 104 valence electrons. The molecule has 0 aliphatic rings. The van der Waals surface area contributed by atoms with Gasteiger partial charge in [-0.2, -0.15) is 0 Å². The van der Waals surface area contributed by atoms with Crippen molar-refractivity contribution in [3.63, 3.8) is 0 Å². The van der Waals surface area contributed by atoms with Crippen LogP contribution in [0.15, 0.2) is 24.3 Å². The Bertz CT molecular complexity index is 533. The maximum Gasteiger partial charge on any atom is 0.124 e. The summed E-state index contributed by atoms with van der Waals surface area (Å²) in [5.41, 5.74) is 0. The molecule has 1 aromatic carbocycles. The van der Waals surface area contributed by atoms with Gasteiger partial charge in [0.1, 0.15) is 5.82 Å². The minimum Gasteiger partial charge on any atom is -0.309 e. The SMILES string of the molecule is CCCNC(CC(C)C)c1cc2ccc(F)cc2s1. The van der Waals surface area contributed by atoms with Gasteiger partial charge in [0.2, 0.25) is 0 Å². The molecule has 1 heterocycles. The molecule has 0 spiro atoms. The summed E-state index contributed by atoms with van der Waals surface area (Å²) in [4.78, 5) is 1.32. The topological polar surface area (TPSA) is 12.0 Å². The minimum atomic E-state index is -0.150. The highest BCUT2D eigenvalue weighted by Crippen LogP contribution is 2.33. The fourth-order valence-electron chi connectivity index (χ4n) is 2.29. The number of hydrogen-bond donors (Lipinski definition) is 1. The Labute approximate surface area is 118 Å². The van der Waals surface area contributed by atoms with Crippen LogP contribution in [-0.4, -0.2) is 6.54 Å². The normalized spacial score (nSPS) is 13.3. The van der Waals surface area contributed by atoms with Crippen LogP contribution in [-0.2, 0) is 0 Å². The monoisotopic (exact) mass is 279 g/mol. The molecule has 0 bridgehead atoms. The van der Waals surface area contributed by atoms with Crippen molar-refractivity contribution < 1.29 is 4.39 Å². The summed E-state index contributed by atoms with van der Waals surface area (Å²) in [5.74, 6) is 0.499. The van der Waals surface area contributed by atoms with E-state index in [1.54, 1.807) is 17.4 Å². The lowest BCUT2D eigenvalue weighted by atomic mass is 10.0. The lowest BCUT2D eigenvalue weighted by Gasteiger charge is -2.19. The number of fused-ring (bicyclic) bond motifs is 1. The predicted molar refractivity (Wildman–Crippen MR) is 82.3 cm³/mol. The minimum absolute atomic E-state index is 0.150. The molecule has 3 heteroatoms. The molecule has 1 nitrogen and oxygen atoms in total. The molecule has 1 aromatic heterocycles. The van der Waals surface area contributed by atoms with Crippen molar-refractivity contribution in [3.05, 3.63) is 35.0 Å². The first-order valence-electron chi connectivity index (χ1n) is 7.02. The van der Waals surface area contributed by atoms with Crippen LogP contribution in [0.1, 0.15) is 44.5 Å². The van der Waals surface area contributed by atoms with Gasteiger partial charge in [-0.15, -0.1) is 11.3 Å². The lowest BCUT2D eigenvalue weighted by Crippen LogP contribution is -2.22. The van der Waals surface area contributed by atoms with E-state index in [1.165, 1.54) is 10.9 Å². The first kappa shape index (κ1) is 14.5. The highest BCUT2D eigenvalue weighted by molar-refractivity contribution is 7.19. The predicted octanol–water partition coefficient (Wildman–Crippen LogP) is 5.13. The van der Waals surface area contributed by atoms with Crippen molar-refractivity contribution >= 4 is 21.4 Å². The second kappa shape index (κ2) is 6.49. The standard InChI is InChI=1S/C16H22FNS/c1-4-7-18-14(8-11(2)3)16-9-12-5-6-13(17)10-15(12)19-16/h5-6,9-11,14,18H,4,7-8H2,1-3H3. The highest BCUT2D eigenvalue weighted by atomic mass is 32.1. The first-order chi connectivity index (χ1) is 9.10. The smallest absolute Gasteiger partial charge is 0.124 e. The van der Waals surface area contributed by atoms with Crippen molar-refractivity contribution in [3.8, 4) is 0 Å². The molecule has 0 fully saturated rings. The van der Waals surface area contributed by atoms with Gasteiger partial charge in [0.25, 0.3) is 0 Å². The maximum absolute atomic E-state index is 13.3. The molecule has 1 N–H and O–H groups in total. The molecular weight excluding hydrogens is 257 g/mol. The van der Waals surface area contributed by atoms with Gasteiger partial charge in [0.15, 0.2) is 0 Å². The Hall–Kier alpha value is -0.930. The summed E-state index contributed by atoms with van der Waals surface area (Å²) in [5, 5.41) is 4.76. The molecule has 2 rings (SSSR count). The van der Waals surface area contributed by atoms with Gasteiger partial charge in [0, 0.05) is 15.6 Å². The summed E-state index contributed by atoms with van der Waals surface area (Å²) in [6.07, 6.45) is 2.25. The van der Waals surface area contributed by atoms with Crippen LogP contribution in [0.3, 0.4) is 0 Å². The number of rotatable bonds is 6. The molecule has 0 radical (unpaired) electrons. The van der Waals surface area contributed by atoms with Crippen LogP contribution in [0.5, 0.6) is 0 Å². The van der Waals surface area contributed by atoms with E-state index in [-0.39, 0.29) is 5.82 Å². The van der Waals surface area contributed by atoms with E-state index in [4.69, 9.17) is 0 Å². The van der Waals surface area contributed by atoms with Crippen LogP contribution in [0.25, 0.3) is 10.1 Å². The van der Waals surface area contributed by atoms with E-state index in [2.05, 4.69) is 32.2 Å². The summed E-state index contributed by atoms with van der Waals surface area (Å²) in [7, 11) is 0. The summed E-state index contributed by atoms with van der Waals surface area (Å²) < 4.78 is 14.3. The summed E-state index contributed by atoms with van der Waals surface area (Å²) in [6.45, 7) is 7.70. The number of nitrogens with one attached hydrogen (secondary N) is 1. The lowest BCUT2D eigenvalue weighted by molar-refractivity contribution is 0.435. The van der Waals surface area contributed by atoms with Crippen LogP contribution < -0.4 is 5.32 Å². The Morgan fingerprint density at radius 3 is 2.74 bits per heavy atom. The van der Waals surface area contributed by atoms with Crippen LogP contribution in [0.4, 0.5) is 4.39 Å². The zero-order valence-electron chi connectivity index (χ0n) is 11.9. The molecule has 0 saturated heterocycles. The van der Waals surface area contributed by atoms with E-state index in [0.717, 1.165) is 29.5 Å². The third-order valence-electron chi connectivity index (χ3n) is 3.19. The van der Waals surface area contributed by atoms with Crippen LogP contribution in [0.2, 0.25) is 0 Å². The molecule has 0 aliphatic carbocycles. The fraction of sp³-hybridized carbons (Fsp3) is 0.500. The number of thiophene rings is 1. The molecule has 19 heavy (non-hydrogen) atoms. The molecule has 0 aliphatic heterocycles. The third-order valence-corrected chi connectivity index (χ3v) is 4.40. The van der Waals surface area contributed by atoms with Crippen LogP contribution >= 0.6 is 11.3 Å². The molecule has 1 atom stereocenters. The van der Waals surface area contributed by atoms with Gasteiger partial charge in [-0.3, -0.25) is 0 Å². The quantitative estimate of drug-likeness (QED) is 0.773. The van der Waals surface area contributed by atoms with E-state index >= 15 is 0 Å². The Kier molecular flexibility index (Phi) is 4.94. The van der Waals surface area contributed by atoms with Gasteiger partial charge >= 0.3 is 0 Å². The molecule has 2 aromatic rings. The van der Waals surface area contributed by atoms with E-state index in [0.29, 0.717) is 12.0 Å². The van der Waals surface area contributed by atoms with Crippen molar-refractivity contribution in [2.75, 3.05) is 6.54 Å². The first-order valence-corrected chi connectivity index (χ1v) is 7.84. The Morgan fingerprint density at radius 1 is 1.26 bits per heavy atom. The Balaban J connectivity index is 2.26. The molecule has 0 saturated carbocycles. The van der Waals surface area contributed by atoms with Gasteiger partial charge < -0.3 is 5.32 Å². The second-order valence-corrected chi connectivity index (χ2v) is 6.58. The van der Waals surface area contributed by atoms with Crippen molar-refractivity contribution in [2.45, 2.75) is 39.7 Å². The van der Waals surface area contributed by atoms with Gasteiger partial charge in [-0.25, -0.2) is 4.39 Å². The van der Waals surface area contributed by atoms with Crippen molar-refractivity contribution in [1.29, 1.82) is 0 Å². The Morgan fingerprint density at radius 2 is 2.05 bits per heavy atom. The molecule has 0 amide bonds. The highest BCUT2D eigenvalue weighted by Gasteiger charge is 2.15. The largest absolute Gasteiger partial charge is 0.309 e. The average Bonchev–Trinajstić information content (AvgIpc) is 2.76. The van der Waals surface area contributed by atoms with E-state index < -0.39 is 0 Å². The van der Waals surface area contributed by atoms with Crippen molar-refractivity contribution in [1.82, 2.24) is 5.32 Å². The van der Waals surface area contributed by atoms with Crippen molar-refractivity contribution in [2.24, 2.45) is 5.92 Å². The van der Waals surface area contributed by atoms with Gasteiger partial charge in [-0.1, -0.05) is 26.8 Å².